The number of rotatable bonds is 1. The van der Waals surface area contributed by atoms with Crippen molar-refractivity contribution in [1.29, 1.82) is 0 Å². The van der Waals surface area contributed by atoms with Gasteiger partial charge in [-0.25, -0.2) is 0 Å². The van der Waals surface area contributed by atoms with Gasteiger partial charge in [0.15, 0.2) is 0 Å². The van der Waals surface area contributed by atoms with Crippen molar-refractivity contribution in [2.24, 2.45) is 5.10 Å². The molecule has 2 rings (SSSR count). The molecule has 0 aromatic carbocycles. The molecule has 1 aromatic rings. The van der Waals surface area contributed by atoms with Crippen LogP contribution in [0.15, 0.2) is 5.10 Å². The third kappa shape index (κ3) is 1.32. The maximum atomic E-state index is 4.42. The number of hydrazone groups is 1. The van der Waals surface area contributed by atoms with E-state index in [0.717, 1.165) is 22.1 Å². The number of hydrogen-bond donors (Lipinski definition) is 0. The first-order chi connectivity index (χ1) is 6.52. The largest absolute Gasteiger partial charge is 0.287 e. The van der Waals surface area contributed by atoms with Crippen molar-refractivity contribution in [3.8, 4) is 0 Å². The van der Waals surface area contributed by atoms with E-state index in [-0.39, 0.29) is 5.54 Å². The maximum Gasteiger partial charge on any atom is 0.144 e. The summed E-state index contributed by atoms with van der Waals surface area (Å²) in [7, 11) is 1.99. The fourth-order valence-corrected chi connectivity index (χ4v) is 2.61. The summed E-state index contributed by atoms with van der Waals surface area (Å²) < 4.78 is 0. The van der Waals surface area contributed by atoms with Crippen LogP contribution in [0, 0.1) is 6.92 Å². The second kappa shape index (κ2) is 3.02. The lowest BCUT2D eigenvalue weighted by molar-refractivity contribution is 0.172. The highest BCUT2D eigenvalue weighted by atomic mass is 32.1. The Balaban J connectivity index is 2.35. The Morgan fingerprint density at radius 2 is 2.07 bits per heavy atom. The van der Waals surface area contributed by atoms with Crippen LogP contribution in [0.4, 0.5) is 0 Å². The minimum absolute atomic E-state index is 0.0873. The van der Waals surface area contributed by atoms with E-state index in [0.29, 0.717) is 0 Å². The standard InChI is InChI=1S/C9H14N4S/c1-6-5-9(3,13(4)12-6)8-11-10-7(2)14-8/h5H2,1-4H3. The van der Waals surface area contributed by atoms with E-state index < -0.39 is 0 Å². The molecule has 0 fully saturated rings. The molecule has 0 amide bonds. The lowest BCUT2D eigenvalue weighted by Gasteiger charge is -2.28. The highest BCUT2D eigenvalue weighted by Gasteiger charge is 2.39. The quantitative estimate of drug-likeness (QED) is 0.709. The molecule has 1 atom stereocenters. The molecule has 1 aliphatic heterocycles. The van der Waals surface area contributed by atoms with Crippen LogP contribution in [0.5, 0.6) is 0 Å². The molecule has 5 heteroatoms. The van der Waals surface area contributed by atoms with Crippen LogP contribution in [0.2, 0.25) is 0 Å². The van der Waals surface area contributed by atoms with Gasteiger partial charge in [0, 0.05) is 19.2 Å². The van der Waals surface area contributed by atoms with Gasteiger partial charge < -0.3 is 0 Å². The first kappa shape index (κ1) is 9.58. The van der Waals surface area contributed by atoms with Crippen molar-refractivity contribution in [2.75, 3.05) is 7.05 Å². The molecule has 1 unspecified atom stereocenters. The Morgan fingerprint density at radius 1 is 1.36 bits per heavy atom. The minimum atomic E-state index is -0.0873. The highest BCUT2D eigenvalue weighted by molar-refractivity contribution is 7.11. The van der Waals surface area contributed by atoms with Crippen LogP contribution in [-0.2, 0) is 5.54 Å². The number of hydrogen-bond acceptors (Lipinski definition) is 5. The fraction of sp³-hybridized carbons (Fsp3) is 0.667. The number of aryl methyl sites for hydroxylation is 1. The van der Waals surface area contributed by atoms with Gasteiger partial charge in [-0.1, -0.05) is 11.3 Å². The predicted molar refractivity (Wildman–Crippen MR) is 57.5 cm³/mol. The van der Waals surface area contributed by atoms with Crippen molar-refractivity contribution >= 4 is 17.0 Å². The summed E-state index contributed by atoms with van der Waals surface area (Å²) in [6.45, 7) is 6.19. The average Bonchev–Trinajstić information content (AvgIpc) is 2.59. The van der Waals surface area contributed by atoms with Crippen LogP contribution >= 0.6 is 11.3 Å². The molecule has 0 bridgehead atoms. The van der Waals surface area contributed by atoms with Crippen LogP contribution < -0.4 is 0 Å². The van der Waals surface area contributed by atoms with Gasteiger partial charge in [-0.05, 0) is 20.8 Å². The zero-order valence-electron chi connectivity index (χ0n) is 8.90. The first-order valence-electron chi connectivity index (χ1n) is 4.61. The van der Waals surface area contributed by atoms with Crippen LogP contribution in [0.3, 0.4) is 0 Å². The molecule has 0 saturated carbocycles. The summed E-state index contributed by atoms with van der Waals surface area (Å²) in [4.78, 5) is 0. The second-order valence-electron chi connectivity index (χ2n) is 3.94. The Bertz CT molecular complexity index is 384. The molecule has 76 valence electrons. The van der Waals surface area contributed by atoms with E-state index in [9.17, 15) is 0 Å². The van der Waals surface area contributed by atoms with Gasteiger partial charge in [-0.3, -0.25) is 5.01 Å². The molecule has 0 radical (unpaired) electrons. The summed E-state index contributed by atoms with van der Waals surface area (Å²) >= 11 is 1.65. The Morgan fingerprint density at radius 3 is 2.50 bits per heavy atom. The third-order valence-corrected chi connectivity index (χ3v) is 3.71. The summed E-state index contributed by atoms with van der Waals surface area (Å²) in [5.41, 5.74) is 1.07. The number of aromatic nitrogens is 2. The van der Waals surface area contributed by atoms with Crippen LogP contribution in [-0.4, -0.2) is 28.0 Å². The molecule has 4 nitrogen and oxygen atoms in total. The lowest BCUT2D eigenvalue weighted by Crippen LogP contribution is -2.34. The van der Waals surface area contributed by atoms with E-state index in [1.807, 2.05) is 19.0 Å². The Kier molecular flexibility index (Phi) is 2.06. The van der Waals surface area contributed by atoms with E-state index in [1.165, 1.54) is 0 Å². The normalized spacial score (nSPS) is 26.9. The minimum Gasteiger partial charge on any atom is -0.287 e. The van der Waals surface area contributed by atoms with Crippen molar-refractivity contribution in [3.63, 3.8) is 0 Å². The van der Waals surface area contributed by atoms with E-state index in [2.05, 4.69) is 29.1 Å². The fourth-order valence-electron chi connectivity index (χ4n) is 1.74. The van der Waals surface area contributed by atoms with Gasteiger partial charge in [-0.15, -0.1) is 10.2 Å². The Hall–Kier alpha value is -0.970. The lowest BCUT2D eigenvalue weighted by atomic mass is 9.97. The first-order valence-corrected chi connectivity index (χ1v) is 5.42. The van der Waals surface area contributed by atoms with Crippen molar-refractivity contribution in [1.82, 2.24) is 15.2 Å². The summed E-state index contributed by atoms with van der Waals surface area (Å²) in [5, 5.41) is 16.7. The molecule has 1 aliphatic rings. The maximum absolute atomic E-state index is 4.42. The van der Waals surface area contributed by atoms with Gasteiger partial charge in [0.25, 0.3) is 0 Å². The smallest absolute Gasteiger partial charge is 0.144 e. The van der Waals surface area contributed by atoms with Gasteiger partial charge in [0.1, 0.15) is 15.6 Å². The second-order valence-corrected chi connectivity index (χ2v) is 5.12. The SMILES string of the molecule is CC1=NN(C)C(C)(c2nnc(C)s2)C1. The summed E-state index contributed by atoms with van der Waals surface area (Å²) in [5.74, 6) is 0. The molecule has 14 heavy (non-hydrogen) atoms. The van der Waals surface area contributed by atoms with Crippen molar-refractivity contribution in [2.45, 2.75) is 32.7 Å². The summed E-state index contributed by atoms with van der Waals surface area (Å²) in [6.07, 6.45) is 0.943. The molecule has 2 heterocycles. The van der Waals surface area contributed by atoms with Crippen molar-refractivity contribution < 1.29 is 0 Å². The van der Waals surface area contributed by atoms with Crippen LogP contribution in [0.1, 0.15) is 30.3 Å². The molecule has 0 aliphatic carbocycles. The zero-order valence-corrected chi connectivity index (χ0v) is 9.72. The summed E-state index contributed by atoms with van der Waals surface area (Å²) in [6, 6.07) is 0. The topological polar surface area (TPSA) is 41.4 Å². The van der Waals surface area contributed by atoms with Crippen LogP contribution in [0.25, 0.3) is 0 Å². The van der Waals surface area contributed by atoms with Gasteiger partial charge >= 0.3 is 0 Å². The van der Waals surface area contributed by atoms with E-state index >= 15 is 0 Å². The number of nitrogens with zero attached hydrogens (tertiary/aromatic N) is 4. The van der Waals surface area contributed by atoms with Gasteiger partial charge in [-0.2, -0.15) is 5.10 Å². The average molecular weight is 210 g/mol. The van der Waals surface area contributed by atoms with Gasteiger partial charge in [0.05, 0.1) is 0 Å². The van der Waals surface area contributed by atoms with Crippen molar-refractivity contribution in [3.05, 3.63) is 10.0 Å². The molecular formula is C9H14N4S. The van der Waals surface area contributed by atoms with E-state index in [4.69, 9.17) is 0 Å². The molecule has 0 saturated heterocycles. The zero-order chi connectivity index (χ0) is 10.3. The van der Waals surface area contributed by atoms with E-state index in [1.54, 1.807) is 11.3 Å². The monoisotopic (exact) mass is 210 g/mol. The Labute approximate surface area is 87.7 Å². The molecule has 0 N–H and O–H groups in total. The highest BCUT2D eigenvalue weighted by Crippen LogP contribution is 2.37. The molecular weight excluding hydrogens is 196 g/mol. The third-order valence-electron chi connectivity index (χ3n) is 2.62. The molecule has 0 spiro atoms. The molecule has 1 aromatic heterocycles. The predicted octanol–water partition coefficient (Wildman–Crippen LogP) is 1.77. The van der Waals surface area contributed by atoms with Gasteiger partial charge in [0.2, 0.25) is 0 Å².